The molecule has 12 heteroatoms. The summed E-state index contributed by atoms with van der Waals surface area (Å²) in [4.78, 5) is 13.1. The minimum Gasteiger partial charge on any atom is -0.477 e. The van der Waals surface area contributed by atoms with Crippen molar-refractivity contribution in [2.45, 2.75) is 15.7 Å². The number of nitrogens with zero attached hydrogens (tertiary/aromatic N) is 4. The predicted octanol–water partition coefficient (Wildman–Crippen LogP) is 1.52. The van der Waals surface area contributed by atoms with Crippen LogP contribution >= 0.6 is 23.1 Å². The van der Waals surface area contributed by atoms with Crippen molar-refractivity contribution < 1.29 is 23.1 Å². The summed E-state index contributed by atoms with van der Waals surface area (Å²) in [5, 5.41) is 21.1. The van der Waals surface area contributed by atoms with Gasteiger partial charge in [-0.3, -0.25) is 0 Å². The second-order valence-electron chi connectivity index (χ2n) is 2.76. The molecular formula is C6H2F3N5O2S2. The van der Waals surface area contributed by atoms with Crippen LogP contribution in [0.3, 0.4) is 0 Å². The first-order chi connectivity index (χ1) is 8.38. The number of aromatic nitrogens is 5. The van der Waals surface area contributed by atoms with Crippen LogP contribution < -0.4 is 0 Å². The number of H-pyrrole nitrogens is 1. The van der Waals surface area contributed by atoms with Crippen molar-refractivity contribution in [3.63, 3.8) is 0 Å². The minimum atomic E-state index is -4.82. The molecule has 0 unspecified atom stereocenters. The van der Waals surface area contributed by atoms with Crippen LogP contribution in [0.15, 0.2) is 9.50 Å². The molecule has 2 N–H and O–H groups in total. The summed E-state index contributed by atoms with van der Waals surface area (Å²) in [5.41, 5.74) is -1.43. The second-order valence-corrected chi connectivity index (χ2v) is 4.97. The molecule has 0 fully saturated rings. The zero-order valence-electron chi connectivity index (χ0n) is 8.09. The molecule has 2 rings (SSSR count). The fourth-order valence-electron chi connectivity index (χ4n) is 0.955. The van der Waals surface area contributed by atoms with Crippen LogP contribution in [0.5, 0.6) is 0 Å². The summed E-state index contributed by atoms with van der Waals surface area (Å²) in [7, 11) is 0. The molecule has 0 aliphatic rings. The van der Waals surface area contributed by atoms with E-state index < -0.39 is 22.7 Å². The summed E-state index contributed by atoms with van der Waals surface area (Å²) in [6.45, 7) is 0. The first kappa shape index (κ1) is 12.8. The molecule has 96 valence electrons. The summed E-state index contributed by atoms with van der Waals surface area (Å²) in [6, 6.07) is 0. The molecule has 0 aromatic carbocycles. The Hall–Kier alpha value is -1.69. The van der Waals surface area contributed by atoms with E-state index >= 15 is 0 Å². The number of aromatic carboxylic acids is 1. The Morgan fingerprint density at radius 1 is 1.44 bits per heavy atom. The van der Waals surface area contributed by atoms with Crippen LogP contribution in [0.25, 0.3) is 0 Å². The van der Waals surface area contributed by atoms with Gasteiger partial charge in [-0.15, -0.1) is 10.2 Å². The van der Waals surface area contributed by atoms with Gasteiger partial charge in [-0.05, 0) is 17.0 Å². The van der Waals surface area contributed by atoms with E-state index in [0.29, 0.717) is 23.1 Å². The van der Waals surface area contributed by atoms with Crippen LogP contribution in [0.1, 0.15) is 15.4 Å². The monoisotopic (exact) mass is 297 g/mol. The molecule has 7 nitrogen and oxygen atoms in total. The number of thiazole rings is 1. The largest absolute Gasteiger partial charge is 0.477 e. The maximum atomic E-state index is 12.5. The van der Waals surface area contributed by atoms with E-state index in [1.54, 1.807) is 0 Å². The zero-order valence-corrected chi connectivity index (χ0v) is 9.73. The quantitative estimate of drug-likeness (QED) is 0.885. The molecule has 0 aliphatic heterocycles. The zero-order chi connectivity index (χ0) is 13.3. The Balaban J connectivity index is 2.37. The molecule has 2 heterocycles. The number of alkyl halides is 3. The topological polar surface area (TPSA) is 105 Å². The molecule has 0 atom stereocenters. The van der Waals surface area contributed by atoms with Gasteiger partial charge in [0.25, 0.3) is 0 Å². The summed E-state index contributed by atoms with van der Waals surface area (Å²) >= 11 is 1.09. The third kappa shape index (κ3) is 2.59. The Labute approximate surface area is 104 Å². The first-order valence-corrected chi connectivity index (χ1v) is 5.74. The second kappa shape index (κ2) is 4.53. The molecule has 0 aliphatic carbocycles. The lowest BCUT2D eigenvalue weighted by Gasteiger charge is -2.02. The van der Waals surface area contributed by atoms with Gasteiger partial charge in [0.2, 0.25) is 5.16 Å². The Bertz CT molecular complexity index is 566. The molecule has 0 spiro atoms. The highest BCUT2D eigenvalue weighted by molar-refractivity contribution is 8.00. The number of halogens is 3. The van der Waals surface area contributed by atoms with E-state index in [1.165, 1.54) is 0 Å². The SMILES string of the molecule is O=C(O)c1sc(Sc2nn[nH]n2)nc1C(F)(F)F. The third-order valence-electron chi connectivity index (χ3n) is 1.57. The van der Waals surface area contributed by atoms with Crippen molar-refractivity contribution >= 4 is 29.1 Å². The number of nitrogens with one attached hydrogen (secondary N) is 1. The van der Waals surface area contributed by atoms with Crippen LogP contribution in [-0.2, 0) is 6.18 Å². The van der Waals surface area contributed by atoms with E-state index in [0.717, 1.165) is 0 Å². The normalized spacial score (nSPS) is 11.7. The lowest BCUT2D eigenvalue weighted by atomic mass is 10.3. The van der Waals surface area contributed by atoms with Crippen molar-refractivity contribution in [1.29, 1.82) is 0 Å². The van der Waals surface area contributed by atoms with E-state index in [1.807, 2.05) is 0 Å². The number of aromatic amines is 1. The van der Waals surface area contributed by atoms with E-state index in [9.17, 15) is 18.0 Å². The average Bonchev–Trinajstić information content (AvgIpc) is 2.85. The number of carbonyl (C=O) groups is 1. The van der Waals surface area contributed by atoms with Gasteiger partial charge in [0.1, 0.15) is 4.88 Å². The number of carboxylic acids is 1. The van der Waals surface area contributed by atoms with Gasteiger partial charge in [-0.1, -0.05) is 11.3 Å². The number of carboxylic acid groups (broad SMARTS) is 1. The summed E-state index contributed by atoms with van der Waals surface area (Å²) in [6.07, 6.45) is -4.82. The number of hydrogen-bond acceptors (Lipinski definition) is 7. The number of hydrogen-bond donors (Lipinski definition) is 2. The highest BCUT2D eigenvalue weighted by atomic mass is 32.2. The van der Waals surface area contributed by atoms with Crippen molar-refractivity contribution in [3.8, 4) is 0 Å². The lowest BCUT2D eigenvalue weighted by Crippen LogP contribution is -2.11. The molecule has 0 bridgehead atoms. The Morgan fingerprint density at radius 2 is 2.17 bits per heavy atom. The number of rotatable bonds is 3. The van der Waals surface area contributed by atoms with Crippen molar-refractivity contribution in [2.75, 3.05) is 0 Å². The van der Waals surface area contributed by atoms with E-state index in [2.05, 4.69) is 25.6 Å². The predicted molar refractivity (Wildman–Crippen MR) is 52.4 cm³/mol. The van der Waals surface area contributed by atoms with Gasteiger partial charge in [-0.2, -0.15) is 18.4 Å². The minimum absolute atomic E-state index is 0.0504. The van der Waals surface area contributed by atoms with Crippen LogP contribution in [0.2, 0.25) is 0 Å². The molecule has 0 saturated heterocycles. The molecular weight excluding hydrogens is 295 g/mol. The van der Waals surface area contributed by atoms with Crippen LogP contribution in [0, 0.1) is 0 Å². The third-order valence-corrected chi connectivity index (χ3v) is 3.53. The summed E-state index contributed by atoms with van der Waals surface area (Å²) < 4.78 is 37.4. The Kier molecular flexibility index (Phi) is 3.21. The van der Waals surface area contributed by atoms with Crippen molar-refractivity contribution in [1.82, 2.24) is 25.6 Å². The standard InChI is InChI=1S/C6H2F3N5O2S2/c7-6(8,9)2-1(3(15)16)17-5(10-2)18-4-11-13-14-12-4/h(H,15,16)(H,11,12,13,14). The summed E-state index contributed by atoms with van der Waals surface area (Å²) in [5.74, 6) is -1.68. The molecule has 2 aromatic heterocycles. The highest BCUT2D eigenvalue weighted by Gasteiger charge is 2.39. The molecule has 2 aromatic rings. The van der Waals surface area contributed by atoms with Crippen LogP contribution in [0.4, 0.5) is 13.2 Å². The highest BCUT2D eigenvalue weighted by Crippen LogP contribution is 2.38. The molecule has 18 heavy (non-hydrogen) atoms. The number of tetrazole rings is 1. The maximum absolute atomic E-state index is 12.5. The van der Waals surface area contributed by atoms with Gasteiger partial charge in [0.05, 0.1) is 0 Å². The smallest absolute Gasteiger partial charge is 0.435 e. The van der Waals surface area contributed by atoms with Gasteiger partial charge >= 0.3 is 12.1 Å². The van der Waals surface area contributed by atoms with Crippen molar-refractivity contribution in [3.05, 3.63) is 10.6 Å². The molecule has 0 saturated carbocycles. The first-order valence-electron chi connectivity index (χ1n) is 4.10. The van der Waals surface area contributed by atoms with Gasteiger partial charge in [0, 0.05) is 0 Å². The maximum Gasteiger partial charge on any atom is 0.435 e. The van der Waals surface area contributed by atoms with Gasteiger partial charge < -0.3 is 5.11 Å². The van der Waals surface area contributed by atoms with Crippen molar-refractivity contribution in [2.24, 2.45) is 0 Å². The Morgan fingerprint density at radius 3 is 2.61 bits per heavy atom. The average molecular weight is 297 g/mol. The molecule has 0 amide bonds. The van der Waals surface area contributed by atoms with Gasteiger partial charge in [-0.25, -0.2) is 9.78 Å². The van der Waals surface area contributed by atoms with E-state index in [4.69, 9.17) is 5.11 Å². The fraction of sp³-hybridized carbons (Fsp3) is 0.167. The fourth-order valence-corrected chi connectivity index (χ4v) is 2.71. The lowest BCUT2D eigenvalue weighted by molar-refractivity contribution is -0.141. The van der Waals surface area contributed by atoms with E-state index in [-0.39, 0.29) is 9.50 Å². The van der Waals surface area contributed by atoms with Gasteiger partial charge in [0.15, 0.2) is 10.0 Å². The van der Waals surface area contributed by atoms with Crippen LogP contribution in [-0.4, -0.2) is 36.7 Å². The molecule has 0 radical (unpaired) electrons.